The normalized spacial score (nSPS) is 10.7. The Morgan fingerprint density at radius 2 is 1.69 bits per heavy atom. The molecule has 0 fully saturated rings. The molecule has 0 unspecified atom stereocenters. The van der Waals surface area contributed by atoms with Crippen LogP contribution in [0.4, 0.5) is 0 Å². The predicted molar refractivity (Wildman–Crippen MR) is 105 cm³/mol. The summed E-state index contributed by atoms with van der Waals surface area (Å²) in [5.41, 5.74) is 4.51. The van der Waals surface area contributed by atoms with E-state index in [2.05, 4.69) is 11.9 Å². The van der Waals surface area contributed by atoms with Crippen molar-refractivity contribution in [2.45, 2.75) is 53.9 Å². The Morgan fingerprint density at radius 3 is 2.27 bits per heavy atom. The molecule has 0 aliphatic carbocycles. The number of rotatable bonds is 8. The minimum Gasteiger partial charge on any atom is -0.497 e. The zero-order valence-corrected chi connectivity index (χ0v) is 16.7. The first-order valence-electron chi connectivity index (χ1n) is 9.20. The summed E-state index contributed by atoms with van der Waals surface area (Å²) in [6.07, 6.45) is 3.30. The van der Waals surface area contributed by atoms with Crippen LogP contribution in [0.5, 0.6) is 11.5 Å². The maximum absolute atomic E-state index is 13.2. The molecule has 2 rings (SSSR count). The summed E-state index contributed by atoms with van der Waals surface area (Å²) in [6.45, 7) is 10.5. The van der Waals surface area contributed by atoms with Crippen LogP contribution in [0.1, 0.15) is 64.6 Å². The lowest BCUT2D eigenvalue weighted by molar-refractivity contribution is 0.103. The Morgan fingerprint density at radius 1 is 1.04 bits per heavy atom. The van der Waals surface area contributed by atoms with Crippen LogP contribution in [-0.4, -0.2) is 24.5 Å². The number of aryl methyl sites for hydroxylation is 3. The number of nitrogens with zero attached hydrogens (tertiary/aromatic N) is 1. The van der Waals surface area contributed by atoms with Crippen molar-refractivity contribution in [1.82, 2.24) is 4.98 Å². The molecule has 1 aromatic heterocycles. The van der Waals surface area contributed by atoms with Gasteiger partial charge in [0.1, 0.15) is 17.2 Å². The highest BCUT2D eigenvalue weighted by Crippen LogP contribution is 2.28. The third-order valence-electron chi connectivity index (χ3n) is 4.54. The van der Waals surface area contributed by atoms with E-state index in [9.17, 15) is 4.79 Å². The zero-order chi connectivity index (χ0) is 19.3. The number of ketones is 1. The average Bonchev–Trinajstić information content (AvgIpc) is 2.60. The number of methoxy groups -OCH3 is 1. The molecule has 4 nitrogen and oxygen atoms in total. The van der Waals surface area contributed by atoms with Gasteiger partial charge in [-0.25, -0.2) is 4.98 Å². The first-order valence-corrected chi connectivity index (χ1v) is 9.20. The minimum absolute atomic E-state index is 0.0674. The fourth-order valence-electron chi connectivity index (χ4n) is 3.13. The Balaban J connectivity index is 2.39. The molecule has 1 heterocycles. The van der Waals surface area contributed by atoms with Crippen LogP contribution in [0.2, 0.25) is 0 Å². The smallest absolute Gasteiger partial charge is 0.212 e. The molecular formula is C22H29NO3. The molecule has 0 spiro atoms. The van der Waals surface area contributed by atoms with E-state index in [1.165, 1.54) is 0 Å². The van der Waals surface area contributed by atoms with E-state index in [0.717, 1.165) is 53.1 Å². The van der Waals surface area contributed by atoms with E-state index < -0.39 is 0 Å². The SMILES string of the molecule is CCCCCOc1cc(C)nc(C(=O)c2c(C)cc(OC)cc2C)c1C. The van der Waals surface area contributed by atoms with Crippen LogP contribution in [0.15, 0.2) is 18.2 Å². The van der Waals surface area contributed by atoms with Crippen molar-refractivity contribution in [3.8, 4) is 11.5 Å². The maximum atomic E-state index is 13.2. The summed E-state index contributed by atoms with van der Waals surface area (Å²) < 4.78 is 11.2. The molecular weight excluding hydrogens is 326 g/mol. The van der Waals surface area contributed by atoms with Crippen molar-refractivity contribution in [1.29, 1.82) is 0 Å². The van der Waals surface area contributed by atoms with Crippen LogP contribution in [0.3, 0.4) is 0 Å². The van der Waals surface area contributed by atoms with Crippen molar-refractivity contribution in [3.63, 3.8) is 0 Å². The van der Waals surface area contributed by atoms with Gasteiger partial charge in [-0.1, -0.05) is 19.8 Å². The number of carbonyl (C=O) groups excluding carboxylic acids is 1. The zero-order valence-electron chi connectivity index (χ0n) is 16.7. The number of carbonyl (C=O) groups is 1. The minimum atomic E-state index is -0.0674. The molecule has 26 heavy (non-hydrogen) atoms. The number of hydrogen-bond donors (Lipinski definition) is 0. The molecule has 1 aromatic carbocycles. The second kappa shape index (κ2) is 8.84. The van der Waals surface area contributed by atoms with Gasteiger partial charge in [0, 0.05) is 22.9 Å². The van der Waals surface area contributed by atoms with E-state index in [4.69, 9.17) is 9.47 Å². The molecule has 0 aliphatic heterocycles. The summed E-state index contributed by atoms with van der Waals surface area (Å²) in [6, 6.07) is 5.67. The third kappa shape index (κ3) is 4.43. The Kier molecular flexibility index (Phi) is 6.78. The van der Waals surface area contributed by atoms with Gasteiger partial charge in [0.25, 0.3) is 0 Å². The fraction of sp³-hybridized carbons (Fsp3) is 0.455. The average molecular weight is 355 g/mol. The summed E-state index contributed by atoms with van der Waals surface area (Å²) in [5, 5.41) is 0. The van der Waals surface area contributed by atoms with Crippen molar-refractivity contribution >= 4 is 5.78 Å². The van der Waals surface area contributed by atoms with Crippen molar-refractivity contribution in [2.75, 3.05) is 13.7 Å². The first kappa shape index (κ1) is 20.0. The number of pyridine rings is 1. The highest BCUT2D eigenvalue weighted by Gasteiger charge is 2.21. The quantitative estimate of drug-likeness (QED) is 0.487. The molecule has 0 atom stereocenters. The van der Waals surface area contributed by atoms with Gasteiger partial charge in [0.15, 0.2) is 0 Å². The molecule has 0 bridgehead atoms. The maximum Gasteiger partial charge on any atom is 0.212 e. The van der Waals surface area contributed by atoms with Gasteiger partial charge in [-0.15, -0.1) is 0 Å². The summed E-state index contributed by atoms with van der Waals surface area (Å²) in [4.78, 5) is 17.7. The van der Waals surface area contributed by atoms with Gasteiger partial charge in [0.2, 0.25) is 5.78 Å². The van der Waals surface area contributed by atoms with Crippen LogP contribution < -0.4 is 9.47 Å². The van der Waals surface area contributed by atoms with Gasteiger partial charge in [0.05, 0.1) is 13.7 Å². The van der Waals surface area contributed by atoms with E-state index in [0.29, 0.717) is 17.9 Å². The largest absolute Gasteiger partial charge is 0.497 e. The Bertz CT molecular complexity index is 773. The van der Waals surface area contributed by atoms with E-state index >= 15 is 0 Å². The second-order valence-corrected chi connectivity index (χ2v) is 6.76. The lowest BCUT2D eigenvalue weighted by atomic mass is 9.95. The topological polar surface area (TPSA) is 48.4 Å². The van der Waals surface area contributed by atoms with Gasteiger partial charge in [-0.05, 0) is 57.4 Å². The third-order valence-corrected chi connectivity index (χ3v) is 4.54. The van der Waals surface area contributed by atoms with Gasteiger partial charge >= 0.3 is 0 Å². The predicted octanol–water partition coefficient (Wildman–Crippen LogP) is 5.12. The molecule has 2 aromatic rings. The molecule has 0 amide bonds. The van der Waals surface area contributed by atoms with E-state index in [-0.39, 0.29) is 5.78 Å². The van der Waals surface area contributed by atoms with Crippen LogP contribution in [0, 0.1) is 27.7 Å². The van der Waals surface area contributed by atoms with Crippen molar-refractivity contribution in [2.24, 2.45) is 0 Å². The Labute approximate surface area is 156 Å². The molecule has 0 aliphatic rings. The molecule has 0 radical (unpaired) electrons. The van der Waals surface area contributed by atoms with Crippen molar-refractivity contribution in [3.05, 3.63) is 51.8 Å². The van der Waals surface area contributed by atoms with E-state index in [1.54, 1.807) is 7.11 Å². The highest BCUT2D eigenvalue weighted by atomic mass is 16.5. The Hall–Kier alpha value is -2.36. The first-order chi connectivity index (χ1) is 12.4. The molecule has 0 N–H and O–H groups in total. The molecule has 140 valence electrons. The molecule has 4 heteroatoms. The number of benzene rings is 1. The van der Waals surface area contributed by atoms with Crippen LogP contribution in [0.25, 0.3) is 0 Å². The summed E-state index contributed by atoms with van der Waals surface area (Å²) in [7, 11) is 1.63. The summed E-state index contributed by atoms with van der Waals surface area (Å²) >= 11 is 0. The van der Waals surface area contributed by atoms with Gasteiger partial charge < -0.3 is 9.47 Å². The number of unbranched alkanes of at least 4 members (excludes halogenated alkanes) is 2. The van der Waals surface area contributed by atoms with Crippen LogP contribution in [-0.2, 0) is 0 Å². The molecule has 0 saturated carbocycles. The highest BCUT2D eigenvalue weighted by molar-refractivity contribution is 6.10. The van der Waals surface area contributed by atoms with Gasteiger partial charge in [-0.2, -0.15) is 0 Å². The fourth-order valence-corrected chi connectivity index (χ4v) is 3.13. The summed E-state index contributed by atoms with van der Waals surface area (Å²) in [5.74, 6) is 1.44. The van der Waals surface area contributed by atoms with Crippen LogP contribution >= 0.6 is 0 Å². The standard InChI is InChI=1S/C22H29NO3/c1-7-8-9-10-26-19-13-16(4)23-21(17(19)5)22(24)20-14(2)11-18(25-6)12-15(20)3/h11-13H,7-10H2,1-6H3. The number of ether oxygens (including phenoxy) is 2. The number of hydrogen-bond acceptors (Lipinski definition) is 4. The van der Waals surface area contributed by atoms with Crippen molar-refractivity contribution < 1.29 is 14.3 Å². The number of aromatic nitrogens is 1. The molecule has 0 saturated heterocycles. The van der Waals surface area contributed by atoms with E-state index in [1.807, 2.05) is 45.9 Å². The lowest BCUT2D eigenvalue weighted by Gasteiger charge is -2.15. The van der Waals surface area contributed by atoms with Gasteiger partial charge in [-0.3, -0.25) is 4.79 Å². The lowest BCUT2D eigenvalue weighted by Crippen LogP contribution is -2.13. The second-order valence-electron chi connectivity index (χ2n) is 6.76. The monoisotopic (exact) mass is 355 g/mol.